The lowest BCUT2D eigenvalue weighted by molar-refractivity contribution is 0.325. The van der Waals surface area contributed by atoms with Crippen LogP contribution in [0, 0.1) is 6.92 Å². The fourth-order valence-corrected chi connectivity index (χ4v) is 2.52. The van der Waals surface area contributed by atoms with E-state index in [1.165, 1.54) is 6.42 Å². The molecule has 0 amide bonds. The summed E-state index contributed by atoms with van der Waals surface area (Å²) in [5.41, 5.74) is 0. The van der Waals surface area contributed by atoms with Crippen LogP contribution in [-0.2, 0) is 0 Å². The van der Waals surface area contributed by atoms with E-state index >= 15 is 0 Å². The van der Waals surface area contributed by atoms with Gasteiger partial charge in [-0.25, -0.2) is 4.98 Å². The fraction of sp³-hybridized carbons (Fsp3) is 0.714. The minimum Gasteiger partial charge on any atom is -0.478 e. The molecule has 5 nitrogen and oxygen atoms in total. The topological polar surface area (TPSA) is 50.3 Å². The minimum atomic E-state index is 0.531. The Hall–Kier alpha value is -1.36. The van der Waals surface area contributed by atoms with Crippen LogP contribution in [0.5, 0.6) is 5.88 Å². The van der Waals surface area contributed by atoms with E-state index in [4.69, 9.17) is 4.74 Å². The van der Waals surface area contributed by atoms with Crippen LogP contribution >= 0.6 is 0 Å². The number of hydrogen-bond donors (Lipinski definition) is 1. The summed E-state index contributed by atoms with van der Waals surface area (Å²) in [6.07, 6.45) is 2.29. The van der Waals surface area contributed by atoms with Gasteiger partial charge in [-0.2, -0.15) is 4.98 Å². The molecule has 1 saturated heterocycles. The first kappa shape index (κ1) is 14.1. The molecule has 19 heavy (non-hydrogen) atoms. The molecule has 0 aliphatic carbocycles. The van der Waals surface area contributed by atoms with E-state index in [1.54, 1.807) is 0 Å². The smallest absolute Gasteiger partial charge is 0.218 e. The Bertz CT molecular complexity index is 404. The van der Waals surface area contributed by atoms with E-state index in [0.717, 1.165) is 37.7 Å². The van der Waals surface area contributed by atoms with Crippen molar-refractivity contribution in [2.45, 2.75) is 39.7 Å². The molecule has 1 aromatic rings. The van der Waals surface area contributed by atoms with Gasteiger partial charge in [0.1, 0.15) is 11.6 Å². The minimum absolute atomic E-state index is 0.531. The summed E-state index contributed by atoms with van der Waals surface area (Å²) in [6.45, 7) is 9.88. The number of hydrogen-bond acceptors (Lipinski definition) is 5. The zero-order valence-electron chi connectivity index (χ0n) is 12.1. The molecule has 1 unspecified atom stereocenters. The van der Waals surface area contributed by atoms with E-state index in [9.17, 15) is 0 Å². The first-order chi connectivity index (χ1) is 9.24. The van der Waals surface area contributed by atoms with Gasteiger partial charge in [0.2, 0.25) is 5.88 Å². The van der Waals surface area contributed by atoms with Crippen LogP contribution in [0.1, 0.15) is 32.5 Å². The number of rotatable bonds is 6. The van der Waals surface area contributed by atoms with E-state index < -0.39 is 0 Å². The highest BCUT2D eigenvalue weighted by molar-refractivity contribution is 5.43. The van der Waals surface area contributed by atoms with Crippen molar-refractivity contribution in [2.24, 2.45) is 0 Å². The summed E-state index contributed by atoms with van der Waals surface area (Å²) < 4.78 is 5.52. The van der Waals surface area contributed by atoms with E-state index in [2.05, 4.69) is 27.1 Å². The quantitative estimate of drug-likeness (QED) is 0.848. The van der Waals surface area contributed by atoms with Crippen LogP contribution in [0.4, 0.5) is 5.82 Å². The molecule has 2 rings (SSSR count). The second-order valence-electron chi connectivity index (χ2n) is 4.88. The monoisotopic (exact) mass is 264 g/mol. The Morgan fingerprint density at radius 3 is 2.89 bits per heavy atom. The van der Waals surface area contributed by atoms with Gasteiger partial charge >= 0.3 is 0 Å². The molecule has 0 saturated carbocycles. The molecule has 1 fully saturated rings. The third kappa shape index (κ3) is 3.56. The molecular formula is C14H24N4O. The second kappa shape index (κ2) is 6.70. The Balaban J connectivity index is 2.24. The summed E-state index contributed by atoms with van der Waals surface area (Å²) in [7, 11) is 0. The van der Waals surface area contributed by atoms with Crippen LogP contribution in [0.2, 0.25) is 0 Å². The molecule has 1 aliphatic heterocycles. The molecule has 1 atom stereocenters. The third-order valence-corrected chi connectivity index (χ3v) is 3.33. The molecule has 1 aliphatic rings. The summed E-state index contributed by atoms with van der Waals surface area (Å²) >= 11 is 0. The number of nitrogens with zero attached hydrogens (tertiary/aromatic N) is 3. The van der Waals surface area contributed by atoms with Crippen LogP contribution in [0.3, 0.4) is 0 Å². The number of anilines is 1. The highest BCUT2D eigenvalue weighted by atomic mass is 16.5. The molecule has 1 N–H and O–H groups in total. The van der Waals surface area contributed by atoms with E-state index in [1.807, 2.05) is 19.9 Å². The lowest BCUT2D eigenvalue weighted by atomic mass is 10.2. The standard InChI is InChI=1S/C14H24N4O/c1-4-8-18(12-6-7-15-10-12)13-9-14(19-5-2)17-11(3)16-13/h9,12,15H,4-8,10H2,1-3H3. The second-order valence-corrected chi connectivity index (χ2v) is 4.88. The Morgan fingerprint density at radius 2 is 2.26 bits per heavy atom. The van der Waals surface area contributed by atoms with Crippen LogP contribution in [-0.4, -0.2) is 42.3 Å². The van der Waals surface area contributed by atoms with Gasteiger partial charge < -0.3 is 15.0 Å². The molecule has 0 radical (unpaired) electrons. The largest absolute Gasteiger partial charge is 0.478 e. The van der Waals surface area contributed by atoms with Gasteiger partial charge in [0.25, 0.3) is 0 Å². The maximum atomic E-state index is 5.52. The number of ether oxygens (including phenoxy) is 1. The van der Waals surface area contributed by atoms with Gasteiger partial charge in [0.05, 0.1) is 6.61 Å². The Labute approximate surface area is 115 Å². The summed E-state index contributed by atoms with van der Waals surface area (Å²) in [6, 6.07) is 2.49. The molecule has 2 heterocycles. The highest BCUT2D eigenvalue weighted by Gasteiger charge is 2.23. The lowest BCUT2D eigenvalue weighted by Crippen LogP contribution is -2.38. The maximum Gasteiger partial charge on any atom is 0.218 e. The molecule has 106 valence electrons. The van der Waals surface area contributed by atoms with Crippen molar-refractivity contribution < 1.29 is 4.74 Å². The predicted molar refractivity (Wildman–Crippen MR) is 76.8 cm³/mol. The summed E-state index contributed by atoms with van der Waals surface area (Å²) in [5, 5.41) is 3.42. The van der Waals surface area contributed by atoms with Gasteiger partial charge in [-0.3, -0.25) is 0 Å². The maximum absolute atomic E-state index is 5.52. The van der Waals surface area contributed by atoms with Crippen molar-refractivity contribution in [3.05, 3.63) is 11.9 Å². The van der Waals surface area contributed by atoms with Gasteiger partial charge in [0.15, 0.2) is 0 Å². The van der Waals surface area contributed by atoms with E-state index in [-0.39, 0.29) is 0 Å². The molecular weight excluding hydrogens is 240 g/mol. The summed E-state index contributed by atoms with van der Waals surface area (Å²) in [5.74, 6) is 2.44. The lowest BCUT2D eigenvalue weighted by Gasteiger charge is -2.29. The Kier molecular flexibility index (Phi) is 4.96. The number of nitrogens with one attached hydrogen (secondary N) is 1. The predicted octanol–water partition coefficient (Wildman–Crippen LogP) is 1.76. The van der Waals surface area contributed by atoms with Crippen LogP contribution in [0.15, 0.2) is 6.07 Å². The van der Waals surface area contributed by atoms with Crippen molar-refractivity contribution in [3.8, 4) is 5.88 Å². The normalized spacial score (nSPS) is 18.6. The summed E-state index contributed by atoms with van der Waals surface area (Å²) in [4.78, 5) is 11.3. The average Bonchev–Trinajstić information content (AvgIpc) is 2.89. The molecule has 0 bridgehead atoms. The average molecular weight is 264 g/mol. The first-order valence-corrected chi connectivity index (χ1v) is 7.20. The van der Waals surface area contributed by atoms with Crippen molar-refractivity contribution in [2.75, 3.05) is 31.1 Å². The van der Waals surface area contributed by atoms with Gasteiger partial charge in [-0.1, -0.05) is 6.92 Å². The zero-order chi connectivity index (χ0) is 13.7. The molecule has 0 aromatic carbocycles. The number of aromatic nitrogens is 2. The van der Waals surface area contributed by atoms with Crippen molar-refractivity contribution in [1.29, 1.82) is 0 Å². The van der Waals surface area contributed by atoms with Gasteiger partial charge in [-0.15, -0.1) is 0 Å². The van der Waals surface area contributed by atoms with Crippen molar-refractivity contribution in [3.63, 3.8) is 0 Å². The first-order valence-electron chi connectivity index (χ1n) is 7.20. The fourth-order valence-electron chi connectivity index (χ4n) is 2.52. The third-order valence-electron chi connectivity index (χ3n) is 3.33. The van der Waals surface area contributed by atoms with Gasteiger partial charge in [0, 0.05) is 25.2 Å². The van der Waals surface area contributed by atoms with E-state index in [0.29, 0.717) is 18.5 Å². The number of aryl methyl sites for hydroxylation is 1. The van der Waals surface area contributed by atoms with Gasteiger partial charge in [-0.05, 0) is 33.2 Å². The highest BCUT2D eigenvalue weighted by Crippen LogP contribution is 2.22. The van der Waals surface area contributed by atoms with Crippen molar-refractivity contribution >= 4 is 5.82 Å². The van der Waals surface area contributed by atoms with Crippen LogP contribution in [0.25, 0.3) is 0 Å². The SMILES string of the molecule is CCCN(c1cc(OCC)nc(C)n1)C1CCNC1. The van der Waals surface area contributed by atoms with Crippen molar-refractivity contribution in [1.82, 2.24) is 15.3 Å². The van der Waals surface area contributed by atoms with Crippen LogP contribution < -0.4 is 15.0 Å². The Morgan fingerprint density at radius 1 is 1.42 bits per heavy atom. The molecule has 1 aromatic heterocycles. The molecule has 5 heteroatoms. The molecule has 0 spiro atoms. The zero-order valence-corrected chi connectivity index (χ0v) is 12.1.